The van der Waals surface area contributed by atoms with Gasteiger partial charge in [-0.15, -0.1) is 0 Å². The number of aliphatic hydroxyl groups excluding tert-OH is 1. The van der Waals surface area contributed by atoms with Gasteiger partial charge < -0.3 is 33.8 Å². The molecule has 0 heterocycles. The van der Waals surface area contributed by atoms with E-state index in [2.05, 4.69) is 55.4 Å². The van der Waals surface area contributed by atoms with Crippen LogP contribution in [0.4, 0.5) is 0 Å². The van der Waals surface area contributed by atoms with Gasteiger partial charge in [0.05, 0.1) is 26.4 Å². The van der Waals surface area contributed by atoms with E-state index in [0.29, 0.717) is 37.5 Å². The Morgan fingerprint density at radius 3 is 0.646 bits per heavy atom. The molecule has 0 saturated heterocycles. The van der Waals surface area contributed by atoms with Gasteiger partial charge in [0.25, 0.3) is 0 Å². The van der Waals surface area contributed by atoms with Gasteiger partial charge in [-0.1, -0.05) is 338 Å². The predicted molar refractivity (Wildman–Crippen MR) is 391 cm³/mol. The molecule has 0 aliphatic carbocycles. The summed E-state index contributed by atoms with van der Waals surface area (Å²) in [6.07, 6.45) is 51.9. The van der Waals surface area contributed by atoms with Gasteiger partial charge in [0.15, 0.2) is 12.2 Å². The Morgan fingerprint density at radius 1 is 0.260 bits per heavy atom. The molecule has 3 unspecified atom stereocenters. The van der Waals surface area contributed by atoms with Crippen molar-refractivity contribution in [3.63, 3.8) is 0 Å². The number of rotatable bonds is 74. The Balaban J connectivity index is 5.11. The van der Waals surface area contributed by atoms with Crippen molar-refractivity contribution in [3.8, 4) is 0 Å². The highest BCUT2D eigenvalue weighted by Crippen LogP contribution is 2.45. The van der Waals surface area contributed by atoms with Gasteiger partial charge in [0, 0.05) is 25.7 Å². The lowest BCUT2D eigenvalue weighted by Crippen LogP contribution is -2.30. The van der Waals surface area contributed by atoms with Gasteiger partial charge in [-0.2, -0.15) is 0 Å². The van der Waals surface area contributed by atoms with Gasteiger partial charge in [-0.05, 0) is 49.4 Å². The number of carbonyl (C=O) groups is 4. The third kappa shape index (κ3) is 70.5. The van der Waals surface area contributed by atoms with Gasteiger partial charge in [-0.25, -0.2) is 9.13 Å². The molecule has 3 N–H and O–H groups in total. The van der Waals surface area contributed by atoms with E-state index in [0.717, 1.165) is 108 Å². The van der Waals surface area contributed by atoms with Crippen LogP contribution in [-0.4, -0.2) is 96.7 Å². The molecule has 5 atom stereocenters. The summed E-state index contributed by atoms with van der Waals surface area (Å²) in [6.45, 7) is 14.1. The van der Waals surface area contributed by atoms with Gasteiger partial charge in [0.2, 0.25) is 0 Å². The van der Waals surface area contributed by atoms with Crippen molar-refractivity contribution < 1.29 is 80.2 Å². The second-order valence-electron chi connectivity index (χ2n) is 29.7. The fraction of sp³-hybridized carbons (Fsp3) is 0.948. The van der Waals surface area contributed by atoms with Gasteiger partial charge >= 0.3 is 39.5 Å². The van der Waals surface area contributed by atoms with Crippen LogP contribution in [0.3, 0.4) is 0 Å². The number of hydrogen-bond acceptors (Lipinski definition) is 15. The summed E-state index contributed by atoms with van der Waals surface area (Å²) in [5, 5.41) is 10.6. The van der Waals surface area contributed by atoms with Crippen LogP contribution in [0.2, 0.25) is 0 Å². The third-order valence-electron chi connectivity index (χ3n) is 17.8. The van der Waals surface area contributed by atoms with Gasteiger partial charge in [-0.3, -0.25) is 37.3 Å². The first-order valence-corrected chi connectivity index (χ1v) is 42.7. The van der Waals surface area contributed by atoms with Crippen LogP contribution in [0.5, 0.6) is 0 Å². The summed E-state index contributed by atoms with van der Waals surface area (Å²) >= 11 is 0. The first-order valence-electron chi connectivity index (χ1n) is 39.7. The van der Waals surface area contributed by atoms with Crippen molar-refractivity contribution in [1.82, 2.24) is 0 Å². The molecule has 19 heteroatoms. The van der Waals surface area contributed by atoms with Crippen molar-refractivity contribution >= 4 is 39.5 Å². The van der Waals surface area contributed by atoms with Crippen LogP contribution in [0.1, 0.15) is 389 Å². The number of phosphoric ester groups is 2. The normalized spacial score (nSPS) is 14.1. The lowest BCUT2D eigenvalue weighted by Gasteiger charge is -2.21. The second-order valence-corrected chi connectivity index (χ2v) is 32.6. The molecule has 0 aromatic rings. The zero-order valence-corrected chi connectivity index (χ0v) is 64.8. The summed E-state index contributed by atoms with van der Waals surface area (Å²) in [5.41, 5.74) is 0. The Labute approximate surface area is 588 Å². The Bertz CT molecular complexity index is 1880. The van der Waals surface area contributed by atoms with Crippen LogP contribution in [0.25, 0.3) is 0 Å². The molecule has 0 aliphatic heterocycles. The monoisotopic (exact) mass is 1410 g/mol. The molecule has 0 aliphatic rings. The molecule has 0 saturated carbocycles. The molecule has 0 fully saturated rings. The Hall–Kier alpha value is -1.94. The molecule has 0 bridgehead atoms. The minimum Gasteiger partial charge on any atom is -0.462 e. The minimum absolute atomic E-state index is 0.102. The lowest BCUT2D eigenvalue weighted by atomic mass is 10.0. The van der Waals surface area contributed by atoms with Crippen LogP contribution < -0.4 is 0 Å². The van der Waals surface area contributed by atoms with E-state index < -0.39 is 97.5 Å². The number of unbranched alkanes of at least 4 members (excludes halogenated alkanes) is 40. The van der Waals surface area contributed by atoms with E-state index >= 15 is 0 Å². The average Bonchev–Trinajstić information content (AvgIpc) is 1.09. The predicted octanol–water partition coefficient (Wildman–Crippen LogP) is 22.4. The maximum atomic E-state index is 13.1. The maximum absolute atomic E-state index is 13.1. The van der Waals surface area contributed by atoms with Crippen LogP contribution >= 0.6 is 15.6 Å². The van der Waals surface area contributed by atoms with E-state index in [-0.39, 0.29) is 25.7 Å². The fourth-order valence-corrected chi connectivity index (χ4v) is 13.3. The first-order chi connectivity index (χ1) is 46.1. The number of ether oxygens (including phenoxy) is 4. The SMILES string of the molecule is CC(C)CCCCCCCCCCCCCCCCCCCCC(=O)O[C@H](COC(=O)CCCCCCCCC(C)C)COP(=O)(O)OCC(O)COP(=O)(O)OC[C@@H](COC(=O)CCCCCCCCCCCCCCCCC(C)C)OC(=O)CCCCCCCCC(C)C. The van der Waals surface area contributed by atoms with E-state index in [4.69, 9.17) is 37.0 Å². The molecule has 17 nitrogen and oxygen atoms in total. The number of esters is 4. The molecular formula is C77H150O17P2. The average molecular weight is 1410 g/mol. The summed E-state index contributed by atoms with van der Waals surface area (Å²) < 4.78 is 68.4. The largest absolute Gasteiger partial charge is 0.472 e. The van der Waals surface area contributed by atoms with Crippen molar-refractivity contribution in [3.05, 3.63) is 0 Å². The standard InChI is InChI=1S/C77H150O17P2/c1-67(2)53-45-37-29-25-21-17-13-11-9-10-12-14-20-24-28-32-43-51-59-76(81)93-72(64-88-75(80)58-50-42-35-33-39-47-55-69(5)6)65-91-95(83,84)89-61-71(78)62-90-96(85,86)92-66-73(94-77(82)60-52-44-36-34-40-48-56-70(7)8)63-87-74(79)57-49-41-31-27-23-19-16-15-18-22-26-30-38-46-54-68(3)4/h67-73,78H,9-66H2,1-8H3,(H,83,84)(H,85,86)/t71?,72-,73-/m1/s1. The van der Waals surface area contributed by atoms with Crippen molar-refractivity contribution in [2.75, 3.05) is 39.6 Å². The maximum Gasteiger partial charge on any atom is 0.472 e. The molecular weight excluding hydrogens is 1260 g/mol. The summed E-state index contributed by atoms with van der Waals surface area (Å²) in [6, 6.07) is 0. The van der Waals surface area contributed by atoms with E-state index in [1.807, 2.05) is 0 Å². The van der Waals surface area contributed by atoms with Crippen molar-refractivity contribution in [2.45, 2.75) is 408 Å². The quantitative estimate of drug-likeness (QED) is 0.0222. The van der Waals surface area contributed by atoms with E-state index in [9.17, 15) is 43.2 Å². The molecule has 96 heavy (non-hydrogen) atoms. The molecule has 0 radical (unpaired) electrons. The topological polar surface area (TPSA) is 237 Å². The van der Waals surface area contributed by atoms with E-state index in [1.165, 1.54) is 186 Å². The summed E-state index contributed by atoms with van der Waals surface area (Å²) in [7, 11) is -9.91. The fourth-order valence-electron chi connectivity index (χ4n) is 11.7. The lowest BCUT2D eigenvalue weighted by molar-refractivity contribution is -0.161. The Morgan fingerprint density at radius 2 is 0.438 bits per heavy atom. The smallest absolute Gasteiger partial charge is 0.462 e. The second kappa shape index (κ2) is 66.3. The molecule has 0 aromatic carbocycles. The first kappa shape index (κ1) is 94.1. The number of aliphatic hydroxyl groups is 1. The van der Waals surface area contributed by atoms with Crippen LogP contribution in [0.15, 0.2) is 0 Å². The number of carbonyl (C=O) groups excluding carboxylic acids is 4. The molecule has 0 rings (SSSR count). The van der Waals surface area contributed by atoms with Gasteiger partial charge in [0.1, 0.15) is 19.3 Å². The molecule has 0 spiro atoms. The zero-order valence-electron chi connectivity index (χ0n) is 63.0. The van der Waals surface area contributed by atoms with Crippen LogP contribution in [-0.2, 0) is 65.4 Å². The highest BCUT2D eigenvalue weighted by molar-refractivity contribution is 7.47. The zero-order chi connectivity index (χ0) is 71.0. The van der Waals surface area contributed by atoms with Crippen LogP contribution in [0, 0.1) is 23.7 Å². The highest BCUT2D eigenvalue weighted by atomic mass is 31.2. The number of phosphoric acid groups is 2. The van der Waals surface area contributed by atoms with Crippen molar-refractivity contribution in [2.24, 2.45) is 23.7 Å². The molecule has 0 amide bonds. The summed E-state index contributed by atoms with van der Waals surface area (Å²) in [5.74, 6) is 0.841. The minimum atomic E-state index is -4.96. The third-order valence-corrected chi connectivity index (χ3v) is 19.7. The molecule has 0 aromatic heterocycles. The summed E-state index contributed by atoms with van der Waals surface area (Å²) in [4.78, 5) is 72.7. The van der Waals surface area contributed by atoms with E-state index in [1.54, 1.807) is 0 Å². The number of hydrogen-bond donors (Lipinski definition) is 3. The highest BCUT2D eigenvalue weighted by Gasteiger charge is 2.30. The molecule has 570 valence electrons. The Kier molecular flexibility index (Phi) is 65.0. The van der Waals surface area contributed by atoms with Crippen molar-refractivity contribution in [1.29, 1.82) is 0 Å².